The van der Waals surface area contributed by atoms with E-state index < -0.39 is 5.97 Å². The van der Waals surface area contributed by atoms with Gasteiger partial charge in [-0.05, 0) is 50.1 Å². The van der Waals surface area contributed by atoms with Crippen LogP contribution in [-0.2, 0) is 14.3 Å². The standard InChI is InChI=1S/C21H23NO4S/c1-4-25-20(24)12-26-17-9-10-18(15(3)11-17)22-19(23)13-27-21(22)16-7-5-14(2)6-8-16/h5-11,21H,4,12-13H2,1-3H3. The van der Waals surface area contributed by atoms with Gasteiger partial charge in [0.15, 0.2) is 6.61 Å². The molecule has 0 aliphatic carbocycles. The fourth-order valence-corrected chi connectivity index (χ4v) is 4.16. The maximum Gasteiger partial charge on any atom is 0.344 e. The Kier molecular flexibility index (Phi) is 6.06. The first kappa shape index (κ1) is 19.3. The third kappa shape index (κ3) is 4.45. The van der Waals surface area contributed by atoms with Gasteiger partial charge in [-0.3, -0.25) is 9.69 Å². The fourth-order valence-electron chi connectivity index (χ4n) is 3.00. The molecule has 0 saturated carbocycles. The van der Waals surface area contributed by atoms with Crippen LogP contribution < -0.4 is 9.64 Å². The van der Waals surface area contributed by atoms with Crippen molar-refractivity contribution in [2.24, 2.45) is 0 Å². The lowest BCUT2D eigenvalue weighted by Crippen LogP contribution is -2.28. The molecule has 1 fully saturated rings. The lowest BCUT2D eigenvalue weighted by Gasteiger charge is -2.26. The number of rotatable bonds is 6. The largest absolute Gasteiger partial charge is 0.482 e. The molecule has 6 heteroatoms. The van der Waals surface area contributed by atoms with Gasteiger partial charge in [0.25, 0.3) is 0 Å². The van der Waals surface area contributed by atoms with Crippen LogP contribution in [-0.4, -0.2) is 30.8 Å². The van der Waals surface area contributed by atoms with Gasteiger partial charge in [-0.1, -0.05) is 29.8 Å². The molecule has 1 saturated heterocycles. The van der Waals surface area contributed by atoms with E-state index >= 15 is 0 Å². The predicted molar refractivity (Wildman–Crippen MR) is 107 cm³/mol. The highest BCUT2D eigenvalue weighted by Gasteiger charge is 2.34. The average Bonchev–Trinajstić information content (AvgIpc) is 3.02. The summed E-state index contributed by atoms with van der Waals surface area (Å²) in [4.78, 5) is 25.9. The Hall–Kier alpha value is -2.47. The van der Waals surface area contributed by atoms with E-state index in [-0.39, 0.29) is 17.9 Å². The second-order valence-electron chi connectivity index (χ2n) is 6.38. The highest BCUT2D eigenvalue weighted by Crippen LogP contribution is 2.43. The molecule has 0 N–H and O–H groups in total. The van der Waals surface area contributed by atoms with Crippen LogP contribution >= 0.6 is 11.8 Å². The Morgan fingerprint density at radius 2 is 1.93 bits per heavy atom. The fraction of sp³-hybridized carbons (Fsp3) is 0.333. The summed E-state index contributed by atoms with van der Waals surface area (Å²) in [5.41, 5.74) is 4.08. The number of hydrogen-bond donors (Lipinski definition) is 0. The molecule has 0 radical (unpaired) electrons. The van der Waals surface area contributed by atoms with Crippen molar-refractivity contribution in [1.82, 2.24) is 0 Å². The van der Waals surface area contributed by atoms with E-state index in [0.29, 0.717) is 18.1 Å². The number of aryl methyl sites for hydroxylation is 2. The lowest BCUT2D eigenvalue weighted by molar-refractivity contribution is -0.145. The van der Waals surface area contributed by atoms with Gasteiger partial charge >= 0.3 is 5.97 Å². The van der Waals surface area contributed by atoms with Gasteiger partial charge < -0.3 is 9.47 Å². The van der Waals surface area contributed by atoms with Crippen LogP contribution in [0.25, 0.3) is 0 Å². The van der Waals surface area contributed by atoms with Crippen molar-refractivity contribution < 1.29 is 19.1 Å². The van der Waals surface area contributed by atoms with Crippen molar-refractivity contribution >= 4 is 29.3 Å². The van der Waals surface area contributed by atoms with Crippen LogP contribution in [0.1, 0.15) is 29.0 Å². The number of anilines is 1. The number of nitrogens with zero attached hydrogens (tertiary/aromatic N) is 1. The zero-order chi connectivity index (χ0) is 19.4. The van der Waals surface area contributed by atoms with Crippen LogP contribution in [0.2, 0.25) is 0 Å². The minimum absolute atomic E-state index is 0.0388. The highest BCUT2D eigenvalue weighted by molar-refractivity contribution is 8.00. The molecule has 0 spiro atoms. The third-order valence-corrected chi connectivity index (χ3v) is 5.53. The van der Waals surface area contributed by atoms with E-state index in [9.17, 15) is 9.59 Å². The predicted octanol–water partition coefficient (Wildman–Crippen LogP) is 4.02. The average molecular weight is 385 g/mol. The maximum absolute atomic E-state index is 12.6. The number of esters is 1. The molecule has 1 heterocycles. The first-order chi connectivity index (χ1) is 13.0. The molecule has 0 aromatic heterocycles. The van der Waals surface area contributed by atoms with E-state index in [1.165, 1.54) is 5.56 Å². The zero-order valence-electron chi connectivity index (χ0n) is 15.7. The Labute approximate surface area is 163 Å². The summed E-state index contributed by atoms with van der Waals surface area (Å²) in [6.07, 6.45) is 0. The van der Waals surface area contributed by atoms with Crippen LogP contribution in [0.15, 0.2) is 42.5 Å². The summed E-state index contributed by atoms with van der Waals surface area (Å²) < 4.78 is 10.4. The van der Waals surface area contributed by atoms with E-state index in [0.717, 1.165) is 16.8 Å². The van der Waals surface area contributed by atoms with E-state index in [1.807, 2.05) is 30.9 Å². The maximum atomic E-state index is 12.6. The Morgan fingerprint density at radius 3 is 2.59 bits per heavy atom. The summed E-state index contributed by atoms with van der Waals surface area (Å²) in [7, 11) is 0. The first-order valence-electron chi connectivity index (χ1n) is 8.89. The van der Waals surface area contributed by atoms with Crippen molar-refractivity contribution in [3.63, 3.8) is 0 Å². The minimum atomic E-state index is -0.398. The summed E-state index contributed by atoms with van der Waals surface area (Å²) in [6.45, 7) is 5.95. The number of amides is 1. The van der Waals surface area contributed by atoms with Crippen molar-refractivity contribution in [2.45, 2.75) is 26.1 Å². The summed E-state index contributed by atoms with van der Waals surface area (Å²) in [5, 5.41) is -0.0388. The van der Waals surface area contributed by atoms with Crippen molar-refractivity contribution in [2.75, 3.05) is 23.9 Å². The third-order valence-electron chi connectivity index (χ3n) is 4.32. The normalized spacial score (nSPS) is 16.5. The Morgan fingerprint density at radius 1 is 1.19 bits per heavy atom. The molecule has 1 amide bonds. The summed E-state index contributed by atoms with van der Waals surface area (Å²) in [5.74, 6) is 0.730. The molecule has 3 rings (SSSR count). The molecule has 1 unspecified atom stereocenters. The molecule has 1 aliphatic rings. The molecule has 1 aliphatic heterocycles. The monoisotopic (exact) mass is 385 g/mol. The topological polar surface area (TPSA) is 55.8 Å². The summed E-state index contributed by atoms with van der Waals surface area (Å²) >= 11 is 1.63. The zero-order valence-corrected chi connectivity index (χ0v) is 16.5. The quantitative estimate of drug-likeness (QED) is 0.703. The van der Waals surface area contributed by atoms with Crippen molar-refractivity contribution in [3.8, 4) is 5.75 Å². The van der Waals surface area contributed by atoms with Crippen molar-refractivity contribution in [1.29, 1.82) is 0 Å². The van der Waals surface area contributed by atoms with Gasteiger partial charge in [0.2, 0.25) is 5.91 Å². The summed E-state index contributed by atoms with van der Waals surface area (Å²) in [6, 6.07) is 13.8. The van der Waals surface area contributed by atoms with Crippen LogP contribution in [0.4, 0.5) is 5.69 Å². The molecule has 27 heavy (non-hydrogen) atoms. The number of carbonyl (C=O) groups is 2. The van der Waals surface area contributed by atoms with Gasteiger partial charge in [-0.25, -0.2) is 4.79 Å². The Bertz CT molecular complexity index is 835. The highest BCUT2D eigenvalue weighted by atomic mass is 32.2. The number of benzene rings is 2. The molecule has 0 bridgehead atoms. The number of carbonyl (C=O) groups excluding carboxylic acids is 2. The molecule has 5 nitrogen and oxygen atoms in total. The van der Waals surface area contributed by atoms with Gasteiger partial charge in [0.05, 0.1) is 12.4 Å². The number of hydrogen-bond acceptors (Lipinski definition) is 5. The van der Waals surface area contributed by atoms with Crippen LogP contribution in [0.5, 0.6) is 5.75 Å². The van der Waals surface area contributed by atoms with Gasteiger partial charge in [0.1, 0.15) is 11.1 Å². The second-order valence-corrected chi connectivity index (χ2v) is 7.45. The number of thioether (sulfide) groups is 1. The molecule has 2 aromatic rings. The minimum Gasteiger partial charge on any atom is -0.482 e. The van der Waals surface area contributed by atoms with Gasteiger partial charge in [0, 0.05) is 5.69 Å². The molecule has 1 atom stereocenters. The van der Waals surface area contributed by atoms with E-state index in [1.54, 1.807) is 24.8 Å². The Balaban J connectivity index is 1.80. The molecule has 2 aromatic carbocycles. The van der Waals surface area contributed by atoms with E-state index in [4.69, 9.17) is 9.47 Å². The van der Waals surface area contributed by atoms with Crippen LogP contribution in [0, 0.1) is 13.8 Å². The van der Waals surface area contributed by atoms with E-state index in [2.05, 4.69) is 24.3 Å². The molecular weight excluding hydrogens is 362 g/mol. The van der Waals surface area contributed by atoms with Gasteiger partial charge in [-0.2, -0.15) is 0 Å². The van der Waals surface area contributed by atoms with Crippen LogP contribution in [0.3, 0.4) is 0 Å². The van der Waals surface area contributed by atoms with Gasteiger partial charge in [-0.15, -0.1) is 11.8 Å². The molecule has 142 valence electrons. The SMILES string of the molecule is CCOC(=O)COc1ccc(N2C(=O)CSC2c2ccc(C)cc2)c(C)c1. The van der Waals surface area contributed by atoms with Crippen molar-refractivity contribution in [3.05, 3.63) is 59.2 Å². The lowest BCUT2D eigenvalue weighted by atomic mass is 10.1. The second kappa shape index (κ2) is 8.48. The smallest absolute Gasteiger partial charge is 0.344 e. The molecular formula is C21H23NO4S. The number of ether oxygens (including phenoxy) is 2. The first-order valence-corrected chi connectivity index (χ1v) is 9.93.